The Morgan fingerprint density at radius 1 is 1.06 bits per heavy atom. The van der Waals surface area contributed by atoms with Crippen LogP contribution >= 0.6 is 23.4 Å². The number of carbonyl (C=O) groups excluding carboxylic acids is 1. The number of carbonyl (C=O) groups is 1. The highest BCUT2D eigenvalue weighted by Crippen LogP contribution is 2.28. The van der Waals surface area contributed by atoms with E-state index >= 15 is 0 Å². The molecular formula is C24H19ClF2N4O2S. The number of amides is 1. The van der Waals surface area contributed by atoms with E-state index in [4.69, 9.17) is 16.3 Å². The van der Waals surface area contributed by atoms with E-state index in [2.05, 4.69) is 15.5 Å². The summed E-state index contributed by atoms with van der Waals surface area (Å²) in [5.41, 5.74) is 1.11. The van der Waals surface area contributed by atoms with E-state index in [0.29, 0.717) is 22.4 Å². The first-order valence-corrected chi connectivity index (χ1v) is 11.6. The molecule has 1 unspecified atom stereocenters. The van der Waals surface area contributed by atoms with Gasteiger partial charge in [0.25, 0.3) is 0 Å². The number of hydrogen-bond acceptors (Lipinski definition) is 5. The Bertz CT molecular complexity index is 1290. The number of benzene rings is 3. The van der Waals surface area contributed by atoms with E-state index < -0.39 is 11.9 Å². The average Bonchev–Trinajstić information content (AvgIpc) is 3.26. The van der Waals surface area contributed by atoms with Gasteiger partial charge >= 0.3 is 0 Å². The second-order valence-electron chi connectivity index (χ2n) is 7.19. The summed E-state index contributed by atoms with van der Waals surface area (Å²) in [5.74, 6) is -0.157. The van der Waals surface area contributed by atoms with Crippen LogP contribution in [0, 0.1) is 11.6 Å². The van der Waals surface area contributed by atoms with Crippen LogP contribution in [0.4, 0.5) is 14.5 Å². The van der Waals surface area contributed by atoms with Gasteiger partial charge in [-0.2, -0.15) is 0 Å². The molecule has 1 amide bonds. The van der Waals surface area contributed by atoms with Gasteiger partial charge in [0.05, 0.1) is 16.5 Å². The lowest BCUT2D eigenvalue weighted by Gasteiger charge is -2.16. The quantitative estimate of drug-likeness (QED) is 0.297. The van der Waals surface area contributed by atoms with Crippen molar-refractivity contribution in [2.45, 2.75) is 18.2 Å². The maximum Gasteiger partial charge on any atom is 0.234 e. The average molecular weight is 501 g/mol. The van der Waals surface area contributed by atoms with E-state index in [1.54, 1.807) is 4.57 Å². The highest BCUT2D eigenvalue weighted by molar-refractivity contribution is 7.99. The number of ether oxygens (including phenoxy) is 1. The fraction of sp³-hybridized carbons (Fsp3) is 0.125. The molecule has 1 aromatic heterocycles. The minimum absolute atomic E-state index is 0.0197. The lowest BCUT2D eigenvalue weighted by atomic mass is 10.3. The number of para-hydroxylation sites is 1. The summed E-state index contributed by atoms with van der Waals surface area (Å²) in [7, 11) is 0. The molecule has 0 aliphatic heterocycles. The summed E-state index contributed by atoms with van der Waals surface area (Å²) in [4.78, 5) is 12.5. The zero-order valence-corrected chi connectivity index (χ0v) is 19.5. The smallest absolute Gasteiger partial charge is 0.234 e. The number of halogens is 3. The predicted molar refractivity (Wildman–Crippen MR) is 128 cm³/mol. The molecule has 34 heavy (non-hydrogen) atoms. The fourth-order valence-corrected chi connectivity index (χ4v) is 4.11. The van der Waals surface area contributed by atoms with Crippen molar-refractivity contribution in [3.63, 3.8) is 0 Å². The van der Waals surface area contributed by atoms with Crippen molar-refractivity contribution in [1.29, 1.82) is 0 Å². The van der Waals surface area contributed by atoms with Crippen LogP contribution in [0.5, 0.6) is 5.75 Å². The van der Waals surface area contributed by atoms with Crippen molar-refractivity contribution in [3.05, 3.63) is 95.3 Å². The maximum absolute atomic E-state index is 13.2. The second-order valence-corrected chi connectivity index (χ2v) is 8.54. The van der Waals surface area contributed by atoms with Crippen LogP contribution in [0.15, 0.2) is 78.0 Å². The Labute approximate surface area is 203 Å². The van der Waals surface area contributed by atoms with Gasteiger partial charge in [0.15, 0.2) is 17.1 Å². The Morgan fingerprint density at radius 3 is 2.47 bits per heavy atom. The van der Waals surface area contributed by atoms with Gasteiger partial charge in [-0.15, -0.1) is 10.2 Å². The van der Waals surface area contributed by atoms with Gasteiger partial charge in [0.1, 0.15) is 17.4 Å². The predicted octanol–water partition coefficient (Wildman–Crippen LogP) is 6.07. The Hall–Kier alpha value is -3.43. The molecule has 1 atom stereocenters. The number of nitrogens with one attached hydrogen (secondary N) is 1. The van der Waals surface area contributed by atoms with Gasteiger partial charge in [0, 0.05) is 5.69 Å². The van der Waals surface area contributed by atoms with Crippen molar-refractivity contribution in [3.8, 4) is 11.4 Å². The minimum Gasteiger partial charge on any atom is -0.483 e. The lowest BCUT2D eigenvalue weighted by molar-refractivity contribution is -0.113. The summed E-state index contributed by atoms with van der Waals surface area (Å²) in [5, 5.41) is 11.8. The molecule has 3 aromatic carbocycles. The molecule has 0 saturated carbocycles. The van der Waals surface area contributed by atoms with Crippen molar-refractivity contribution in [1.82, 2.24) is 14.8 Å². The molecule has 174 valence electrons. The van der Waals surface area contributed by atoms with Crippen molar-refractivity contribution < 1.29 is 18.3 Å². The molecule has 4 rings (SSSR count). The number of nitrogens with zero attached hydrogens (tertiary/aromatic N) is 3. The van der Waals surface area contributed by atoms with Crippen molar-refractivity contribution in [2.75, 3.05) is 11.1 Å². The first-order chi connectivity index (χ1) is 16.4. The molecule has 0 spiro atoms. The maximum atomic E-state index is 13.2. The van der Waals surface area contributed by atoms with Gasteiger partial charge < -0.3 is 10.1 Å². The first kappa shape index (κ1) is 23.7. The van der Waals surface area contributed by atoms with Crippen LogP contribution in [-0.2, 0) is 4.79 Å². The van der Waals surface area contributed by atoms with Crippen LogP contribution in [0.25, 0.3) is 5.69 Å². The summed E-state index contributed by atoms with van der Waals surface area (Å²) >= 11 is 7.17. The van der Waals surface area contributed by atoms with Crippen LogP contribution in [0.3, 0.4) is 0 Å². The number of anilines is 1. The number of hydrogen-bond donors (Lipinski definition) is 1. The highest BCUT2D eigenvalue weighted by Gasteiger charge is 2.22. The summed E-state index contributed by atoms with van der Waals surface area (Å²) in [6, 6.07) is 18.9. The molecule has 0 radical (unpaired) electrons. The lowest BCUT2D eigenvalue weighted by Crippen LogP contribution is -2.15. The Kier molecular flexibility index (Phi) is 7.44. The SMILES string of the molecule is CC(Oc1ccc(F)cc1)c1nnc(SCC(=O)Nc2ccc(F)cc2Cl)n1-c1ccccc1. The van der Waals surface area contributed by atoms with Gasteiger partial charge in [-0.3, -0.25) is 9.36 Å². The Morgan fingerprint density at radius 2 is 1.76 bits per heavy atom. The van der Waals surface area contributed by atoms with E-state index in [0.717, 1.165) is 11.8 Å². The second kappa shape index (κ2) is 10.7. The molecule has 1 heterocycles. The van der Waals surface area contributed by atoms with Crippen molar-refractivity contribution in [2.24, 2.45) is 0 Å². The zero-order valence-electron chi connectivity index (χ0n) is 17.9. The summed E-state index contributed by atoms with van der Waals surface area (Å²) in [6.45, 7) is 1.81. The summed E-state index contributed by atoms with van der Waals surface area (Å²) < 4.78 is 34.2. The third-order valence-electron chi connectivity index (χ3n) is 4.70. The number of thioether (sulfide) groups is 1. The standard InChI is InChI=1S/C24H19ClF2N4O2S/c1-15(33-19-10-7-16(26)8-11-19)23-29-30-24(31(23)18-5-3-2-4-6-18)34-14-22(32)28-21-12-9-17(27)13-20(21)25/h2-13,15H,14H2,1H3,(H,28,32). The molecule has 0 aliphatic carbocycles. The molecule has 4 aromatic rings. The molecule has 1 N–H and O–H groups in total. The van der Waals surface area contributed by atoms with E-state index in [9.17, 15) is 13.6 Å². The number of rotatable bonds is 8. The molecule has 0 bridgehead atoms. The fourth-order valence-electron chi connectivity index (χ4n) is 3.13. The third-order valence-corrected chi connectivity index (χ3v) is 5.94. The van der Waals surface area contributed by atoms with Crippen LogP contribution in [0.1, 0.15) is 18.9 Å². The van der Waals surface area contributed by atoms with Gasteiger partial charge in [-0.25, -0.2) is 8.78 Å². The highest BCUT2D eigenvalue weighted by atomic mass is 35.5. The van der Waals surface area contributed by atoms with E-state index in [-0.39, 0.29) is 22.5 Å². The van der Waals surface area contributed by atoms with Crippen LogP contribution < -0.4 is 10.1 Å². The van der Waals surface area contributed by atoms with Gasteiger partial charge in [0.2, 0.25) is 5.91 Å². The number of aromatic nitrogens is 3. The molecule has 0 saturated heterocycles. The summed E-state index contributed by atoms with van der Waals surface area (Å²) in [6.07, 6.45) is -0.514. The van der Waals surface area contributed by atoms with Crippen molar-refractivity contribution >= 4 is 35.0 Å². The zero-order chi connectivity index (χ0) is 24.1. The van der Waals surface area contributed by atoms with Crippen LogP contribution in [0.2, 0.25) is 5.02 Å². The van der Waals surface area contributed by atoms with E-state index in [1.807, 2.05) is 37.3 Å². The molecular weight excluding hydrogens is 482 g/mol. The molecule has 6 nitrogen and oxygen atoms in total. The normalized spacial score (nSPS) is 11.8. The monoisotopic (exact) mass is 500 g/mol. The van der Waals surface area contributed by atoms with Gasteiger partial charge in [-0.1, -0.05) is 41.6 Å². The third kappa shape index (κ3) is 5.73. The molecule has 0 fully saturated rings. The van der Waals surface area contributed by atoms with Crippen LogP contribution in [-0.4, -0.2) is 26.4 Å². The Balaban J connectivity index is 1.53. The molecule has 10 heteroatoms. The first-order valence-electron chi connectivity index (χ1n) is 10.2. The largest absolute Gasteiger partial charge is 0.483 e. The molecule has 0 aliphatic rings. The topological polar surface area (TPSA) is 69.0 Å². The van der Waals surface area contributed by atoms with Gasteiger partial charge in [-0.05, 0) is 61.5 Å². The van der Waals surface area contributed by atoms with E-state index in [1.165, 1.54) is 48.2 Å². The minimum atomic E-state index is -0.514.